The lowest BCUT2D eigenvalue weighted by molar-refractivity contribution is 0.00940. The molecule has 1 N–H and O–H groups in total. The molecule has 2 aromatic carbocycles. The van der Waals surface area contributed by atoms with E-state index in [1.807, 2.05) is 67.9 Å². The van der Waals surface area contributed by atoms with Crippen LogP contribution < -0.4 is 0 Å². The molecule has 1 aliphatic carbocycles. The number of phenols is 1. The minimum Gasteiger partial charge on any atom is -0.506 e. The molecule has 0 spiro atoms. The van der Waals surface area contributed by atoms with E-state index >= 15 is 0 Å². The number of hydrogen-bond acceptors (Lipinski definition) is 6. The minimum absolute atomic E-state index is 0.176. The largest absolute Gasteiger partial charge is 0.506 e. The smallest absolute Gasteiger partial charge is 0.410 e. The lowest BCUT2D eigenvalue weighted by atomic mass is 9.80. The van der Waals surface area contributed by atoms with Crippen LogP contribution in [0.25, 0.3) is 5.69 Å². The quantitative estimate of drug-likeness (QED) is 0.430. The second kappa shape index (κ2) is 10.8. The van der Waals surface area contributed by atoms with Gasteiger partial charge in [-0.1, -0.05) is 42.8 Å². The number of rotatable bonds is 4. The van der Waals surface area contributed by atoms with Crippen molar-refractivity contribution in [3.05, 3.63) is 76.6 Å². The van der Waals surface area contributed by atoms with Gasteiger partial charge in [-0.05, 0) is 62.8 Å². The van der Waals surface area contributed by atoms with E-state index in [9.17, 15) is 14.7 Å². The van der Waals surface area contributed by atoms with Gasteiger partial charge in [0.05, 0.1) is 17.4 Å². The summed E-state index contributed by atoms with van der Waals surface area (Å²) in [4.78, 5) is 30.0. The van der Waals surface area contributed by atoms with Crippen LogP contribution >= 0.6 is 0 Å². The Hall–Kier alpha value is -4.01. The molecule has 0 bridgehead atoms. The molecule has 3 aromatic rings. The molecular formula is C32H38N4O5. The maximum Gasteiger partial charge on any atom is 0.410 e. The summed E-state index contributed by atoms with van der Waals surface area (Å²) in [6, 6.07) is 15.0. The van der Waals surface area contributed by atoms with Crippen molar-refractivity contribution in [1.82, 2.24) is 19.6 Å². The highest BCUT2D eigenvalue weighted by atomic mass is 16.6. The van der Waals surface area contributed by atoms with Gasteiger partial charge in [0.2, 0.25) is 0 Å². The van der Waals surface area contributed by atoms with Crippen LogP contribution in [0.3, 0.4) is 0 Å². The zero-order valence-electron chi connectivity index (χ0n) is 24.0. The zero-order chi connectivity index (χ0) is 28.7. The van der Waals surface area contributed by atoms with Gasteiger partial charge < -0.3 is 19.5 Å². The van der Waals surface area contributed by atoms with Gasteiger partial charge in [0.1, 0.15) is 23.6 Å². The standard InChI is InChI=1S/C32H38N4O5/c1-32(2,3)41-31(39)35-17-15-26-29-24(33-36(26)25-13-12-23(18-28(25)37)22-10-7-11-22)14-16-34(19-27(29)35)30(38)40-20-21-8-5-4-6-9-21/h4-6,8-9,12-13,18,22,27,37H,7,10-11,14-17,19-20H2,1-3H3. The topological polar surface area (TPSA) is 97.1 Å². The van der Waals surface area contributed by atoms with Crippen molar-refractivity contribution in [1.29, 1.82) is 0 Å². The number of carbonyl (C=O) groups is 2. The van der Waals surface area contributed by atoms with Gasteiger partial charge in [-0.25, -0.2) is 14.3 Å². The molecule has 1 aromatic heterocycles. The molecule has 2 aliphatic heterocycles. The van der Waals surface area contributed by atoms with Crippen molar-refractivity contribution in [3.63, 3.8) is 0 Å². The van der Waals surface area contributed by atoms with Gasteiger partial charge >= 0.3 is 12.2 Å². The van der Waals surface area contributed by atoms with Crippen LogP contribution in [0.2, 0.25) is 0 Å². The Kier molecular flexibility index (Phi) is 7.13. The van der Waals surface area contributed by atoms with E-state index in [0.717, 1.165) is 35.4 Å². The molecule has 0 saturated heterocycles. The Morgan fingerprint density at radius 2 is 1.80 bits per heavy atom. The highest BCUT2D eigenvalue weighted by molar-refractivity contribution is 5.71. The molecule has 1 atom stereocenters. The van der Waals surface area contributed by atoms with Gasteiger partial charge in [-0.3, -0.25) is 4.90 Å². The van der Waals surface area contributed by atoms with Crippen LogP contribution in [-0.2, 0) is 28.9 Å². The van der Waals surface area contributed by atoms with Crippen molar-refractivity contribution in [3.8, 4) is 11.4 Å². The van der Waals surface area contributed by atoms with E-state index in [2.05, 4.69) is 6.07 Å². The van der Waals surface area contributed by atoms with Crippen LogP contribution in [0.4, 0.5) is 9.59 Å². The monoisotopic (exact) mass is 558 g/mol. The maximum absolute atomic E-state index is 13.4. The van der Waals surface area contributed by atoms with Crippen LogP contribution in [0, 0.1) is 0 Å². The Bertz CT molecular complexity index is 1440. The molecule has 41 heavy (non-hydrogen) atoms. The van der Waals surface area contributed by atoms with E-state index in [1.165, 1.54) is 12.0 Å². The maximum atomic E-state index is 13.4. The number of amides is 2. The van der Waals surface area contributed by atoms with Crippen LogP contribution in [0.1, 0.15) is 80.1 Å². The average Bonchev–Trinajstić information content (AvgIpc) is 3.15. The third kappa shape index (κ3) is 5.49. The summed E-state index contributed by atoms with van der Waals surface area (Å²) < 4.78 is 13.3. The third-order valence-electron chi connectivity index (χ3n) is 8.30. The number of aromatic nitrogens is 2. The Labute approximate surface area is 240 Å². The second-order valence-electron chi connectivity index (χ2n) is 12.3. The first kappa shape index (κ1) is 27.2. The first-order valence-corrected chi connectivity index (χ1v) is 14.6. The summed E-state index contributed by atoms with van der Waals surface area (Å²) in [5.74, 6) is 0.725. The van der Waals surface area contributed by atoms with Crippen LogP contribution in [0.5, 0.6) is 5.75 Å². The third-order valence-corrected chi connectivity index (χ3v) is 8.30. The minimum atomic E-state index is -0.655. The fourth-order valence-corrected chi connectivity index (χ4v) is 6.02. The van der Waals surface area contributed by atoms with Gasteiger partial charge in [-0.2, -0.15) is 5.10 Å². The molecule has 2 amide bonds. The Morgan fingerprint density at radius 1 is 1.02 bits per heavy atom. The van der Waals surface area contributed by atoms with Gasteiger partial charge in [0, 0.05) is 38.0 Å². The summed E-state index contributed by atoms with van der Waals surface area (Å²) in [5, 5.41) is 16.0. The van der Waals surface area contributed by atoms with Crippen molar-refractivity contribution in [2.24, 2.45) is 0 Å². The second-order valence-corrected chi connectivity index (χ2v) is 12.3. The molecule has 1 saturated carbocycles. The Morgan fingerprint density at radius 3 is 2.49 bits per heavy atom. The number of aromatic hydroxyl groups is 1. The number of nitrogens with zero attached hydrogens (tertiary/aromatic N) is 4. The molecule has 0 radical (unpaired) electrons. The van der Waals surface area contributed by atoms with Gasteiger partial charge in [-0.15, -0.1) is 0 Å². The fraction of sp³-hybridized carbons (Fsp3) is 0.469. The number of benzene rings is 2. The van der Waals surface area contributed by atoms with E-state index in [4.69, 9.17) is 14.6 Å². The molecule has 3 aliphatic rings. The SMILES string of the molecule is CC(C)(C)OC(=O)N1CCc2c3c(nn2-c2ccc(C4CCC4)cc2O)CCN(C(=O)OCc2ccccc2)CC31. The summed E-state index contributed by atoms with van der Waals surface area (Å²) in [6.45, 7) is 6.80. The first-order valence-electron chi connectivity index (χ1n) is 14.6. The van der Waals surface area contributed by atoms with E-state index in [1.54, 1.807) is 9.80 Å². The fourth-order valence-electron chi connectivity index (χ4n) is 6.02. The summed E-state index contributed by atoms with van der Waals surface area (Å²) in [7, 11) is 0. The average molecular weight is 559 g/mol. The molecular weight excluding hydrogens is 520 g/mol. The van der Waals surface area contributed by atoms with Gasteiger partial charge in [0.15, 0.2) is 0 Å². The normalized spacial score (nSPS) is 18.8. The number of carbonyl (C=O) groups excluding carboxylic acids is 2. The van der Waals surface area contributed by atoms with E-state index in [-0.39, 0.29) is 18.9 Å². The predicted octanol–water partition coefficient (Wildman–Crippen LogP) is 5.87. The highest BCUT2D eigenvalue weighted by Gasteiger charge is 2.42. The molecule has 1 unspecified atom stereocenters. The predicted molar refractivity (Wildman–Crippen MR) is 153 cm³/mol. The first-order chi connectivity index (χ1) is 19.7. The summed E-state index contributed by atoms with van der Waals surface area (Å²) in [6.07, 6.45) is 3.77. The molecule has 1 fully saturated rings. The van der Waals surface area contributed by atoms with Crippen molar-refractivity contribution in [2.75, 3.05) is 19.6 Å². The molecule has 216 valence electrons. The van der Waals surface area contributed by atoms with E-state index in [0.29, 0.717) is 37.5 Å². The molecule has 6 rings (SSSR count). The van der Waals surface area contributed by atoms with E-state index < -0.39 is 23.8 Å². The van der Waals surface area contributed by atoms with Crippen molar-refractivity contribution < 1.29 is 24.2 Å². The lowest BCUT2D eigenvalue weighted by Crippen LogP contribution is -2.47. The zero-order valence-corrected chi connectivity index (χ0v) is 24.0. The summed E-state index contributed by atoms with van der Waals surface area (Å²) >= 11 is 0. The number of phenolic OH excluding ortho intramolecular Hbond substituents is 1. The summed E-state index contributed by atoms with van der Waals surface area (Å²) in [5.41, 5.74) is 4.77. The van der Waals surface area contributed by atoms with Crippen LogP contribution in [-0.4, -0.2) is 62.1 Å². The highest BCUT2D eigenvalue weighted by Crippen LogP contribution is 2.41. The number of ether oxygens (including phenoxy) is 2. The van der Waals surface area contributed by atoms with Crippen molar-refractivity contribution in [2.45, 2.75) is 77.0 Å². The van der Waals surface area contributed by atoms with Gasteiger partial charge in [0.25, 0.3) is 0 Å². The van der Waals surface area contributed by atoms with Crippen LogP contribution in [0.15, 0.2) is 48.5 Å². The lowest BCUT2D eigenvalue weighted by Gasteiger charge is -2.38. The van der Waals surface area contributed by atoms with Crippen molar-refractivity contribution >= 4 is 12.2 Å². The molecule has 9 heteroatoms. The molecule has 3 heterocycles. The molecule has 9 nitrogen and oxygen atoms in total. The Balaban J connectivity index is 1.31. The number of hydrogen-bond donors (Lipinski definition) is 1.